The van der Waals surface area contributed by atoms with Crippen molar-refractivity contribution in [3.63, 3.8) is 0 Å². The Balaban J connectivity index is 2.04. The van der Waals surface area contributed by atoms with Crippen LogP contribution in [0.5, 0.6) is 0 Å². The maximum atomic E-state index is 13.9. The van der Waals surface area contributed by atoms with Crippen molar-refractivity contribution in [3.05, 3.63) is 53.5 Å². The molecular formula is C17H14FN2O2S-. The number of thioether (sulfide) groups is 1. The molecular weight excluding hydrogens is 315 g/mol. The second kappa shape index (κ2) is 6.42. The minimum Gasteiger partial charge on any atom is -0.545 e. The van der Waals surface area contributed by atoms with E-state index in [2.05, 4.69) is 11.1 Å². The van der Waals surface area contributed by atoms with Gasteiger partial charge < -0.3 is 15.6 Å². The molecule has 1 aliphatic rings. The van der Waals surface area contributed by atoms with Crippen molar-refractivity contribution >= 4 is 29.1 Å². The quantitative estimate of drug-likeness (QED) is 0.935. The summed E-state index contributed by atoms with van der Waals surface area (Å²) in [6, 6.07) is 5.71. The third kappa shape index (κ3) is 3.22. The molecule has 0 amide bonds. The summed E-state index contributed by atoms with van der Waals surface area (Å²) >= 11 is 1.87. The molecule has 0 saturated heterocycles. The molecule has 0 unspecified atom stereocenters. The van der Waals surface area contributed by atoms with Crippen LogP contribution in [-0.2, 0) is 0 Å². The number of benzene rings is 1. The lowest BCUT2D eigenvalue weighted by Gasteiger charge is -2.15. The second-order valence-electron chi connectivity index (χ2n) is 5.19. The normalized spacial score (nSPS) is 14.4. The summed E-state index contributed by atoms with van der Waals surface area (Å²) in [5.74, 6) is -0.0933. The first kappa shape index (κ1) is 15.6. The zero-order valence-electron chi connectivity index (χ0n) is 12.2. The van der Waals surface area contributed by atoms with E-state index in [1.54, 1.807) is 6.20 Å². The van der Waals surface area contributed by atoms with Crippen LogP contribution in [0.2, 0.25) is 0 Å². The predicted octanol–water partition coefficient (Wildman–Crippen LogP) is 2.35. The monoisotopic (exact) mass is 329 g/mol. The van der Waals surface area contributed by atoms with Crippen molar-refractivity contribution in [1.82, 2.24) is 4.98 Å². The number of aromatic nitrogens is 1. The maximum absolute atomic E-state index is 13.9. The molecule has 1 aromatic heterocycles. The van der Waals surface area contributed by atoms with E-state index in [9.17, 15) is 14.3 Å². The molecule has 1 aliphatic heterocycles. The number of carbonyl (C=O) groups excluding carboxylic acids is 1. The minimum atomic E-state index is -1.54. The lowest BCUT2D eigenvalue weighted by atomic mass is 9.98. The van der Waals surface area contributed by atoms with Gasteiger partial charge in [-0.2, -0.15) is 11.8 Å². The molecule has 0 bridgehead atoms. The Bertz CT molecular complexity index is 805. The van der Waals surface area contributed by atoms with Gasteiger partial charge in [-0.1, -0.05) is 12.1 Å². The molecule has 4 nitrogen and oxygen atoms in total. The fraction of sp³-hybridized carbons (Fsp3) is 0.176. The van der Waals surface area contributed by atoms with Crippen molar-refractivity contribution in [2.24, 2.45) is 0 Å². The maximum Gasteiger partial charge on any atom is 0.132 e. The highest BCUT2D eigenvalue weighted by Crippen LogP contribution is 2.31. The van der Waals surface area contributed by atoms with Gasteiger partial charge in [-0.3, -0.25) is 0 Å². The zero-order valence-corrected chi connectivity index (χ0v) is 13.0. The Morgan fingerprint density at radius 1 is 1.30 bits per heavy atom. The number of nitrogens with two attached hydrogens (primary N) is 1. The molecule has 0 radical (unpaired) electrons. The van der Waals surface area contributed by atoms with Crippen LogP contribution in [0, 0.1) is 5.82 Å². The van der Waals surface area contributed by atoms with Crippen LogP contribution in [-0.4, -0.2) is 22.5 Å². The number of hydrogen-bond acceptors (Lipinski definition) is 5. The summed E-state index contributed by atoms with van der Waals surface area (Å²) in [6.45, 7) is 0. The SMILES string of the molecule is Nc1ncc(C2=CCSCC2)cc1-c1ccc(C(=O)[O-])c(F)c1. The Labute approximate surface area is 137 Å². The summed E-state index contributed by atoms with van der Waals surface area (Å²) in [5, 5.41) is 10.8. The average molecular weight is 329 g/mol. The Kier molecular flexibility index (Phi) is 4.34. The molecule has 0 fully saturated rings. The van der Waals surface area contributed by atoms with Gasteiger partial charge in [0.1, 0.15) is 11.6 Å². The van der Waals surface area contributed by atoms with Gasteiger partial charge in [-0.15, -0.1) is 0 Å². The Hall–Kier alpha value is -2.34. The Morgan fingerprint density at radius 3 is 2.78 bits per heavy atom. The van der Waals surface area contributed by atoms with E-state index < -0.39 is 17.3 Å². The molecule has 2 N–H and O–H groups in total. The fourth-order valence-corrected chi connectivity index (χ4v) is 3.37. The summed E-state index contributed by atoms with van der Waals surface area (Å²) in [7, 11) is 0. The number of allylic oxidation sites excluding steroid dienone is 1. The molecule has 2 heterocycles. The largest absolute Gasteiger partial charge is 0.545 e. The first-order valence-electron chi connectivity index (χ1n) is 7.10. The van der Waals surface area contributed by atoms with Gasteiger partial charge in [0, 0.05) is 23.1 Å². The lowest BCUT2D eigenvalue weighted by Crippen LogP contribution is -2.23. The topological polar surface area (TPSA) is 79.0 Å². The number of carbonyl (C=O) groups is 1. The van der Waals surface area contributed by atoms with Gasteiger partial charge in [-0.25, -0.2) is 9.37 Å². The van der Waals surface area contributed by atoms with Crippen molar-refractivity contribution in [2.45, 2.75) is 6.42 Å². The predicted molar refractivity (Wildman–Crippen MR) is 88.3 cm³/mol. The fourth-order valence-electron chi connectivity index (χ4n) is 2.52. The Morgan fingerprint density at radius 2 is 2.13 bits per heavy atom. The summed E-state index contributed by atoms with van der Waals surface area (Å²) in [5.41, 5.74) is 8.68. The van der Waals surface area contributed by atoms with E-state index in [-0.39, 0.29) is 5.82 Å². The standard InChI is InChI=1S/C17H15FN2O2S/c18-15-8-11(1-2-13(15)17(21)22)14-7-12(9-20-16(14)19)10-3-5-23-6-4-10/h1-3,7-9H,4-6H2,(H2,19,20)(H,21,22)/p-1. The minimum absolute atomic E-state index is 0.278. The van der Waals surface area contributed by atoms with Crippen LogP contribution in [0.4, 0.5) is 10.2 Å². The average Bonchev–Trinajstić information content (AvgIpc) is 2.55. The molecule has 23 heavy (non-hydrogen) atoms. The number of nitrogens with zero attached hydrogens (tertiary/aromatic N) is 1. The highest BCUT2D eigenvalue weighted by molar-refractivity contribution is 7.99. The number of carboxylic acid groups (broad SMARTS) is 1. The molecule has 0 saturated carbocycles. The van der Waals surface area contributed by atoms with E-state index in [4.69, 9.17) is 5.73 Å². The van der Waals surface area contributed by atoms with Crippen molar-refractivity contribution in [2.75, 3.05) is 17.2 Å². The van der Waals surface area contributed by atoms with Gasteiger partial charge in [-0.05, 0) is 47.1 Å². The van der Waals surface area contributed by atoms with Crippen molar-refractivity contribution < 1.29 is 14.3 Å². The van der Waals surface area contributed by atoms with Crippen LogP contribution in [0.3, 0.4) is 0 Å². The van der Waals surface area contributed by atoms with Crippen LogP contribution in [0.1, 0.15) is 22.3 Å². The van der Waals surface area contributed by atoms with Crippen LogP contribution >= 0.6 is 11.8 Å². The number of aromatic carboxylic acids is 1. The van der Waals surface area contributed by atoms with E-state index in [0.717, 1.165) is 29.6 Å². The highest BCUT2D eigenvalue weighted by Gasteiger charge is 2.12. The van der Waals surface area contributed by atoms with E-state index in [1.165, 1.54) is 17.7 Å². The summed E-state index contributed by atoms with van der Waals surface area (Å²) in [4.78, 5) is 15.0. The van der Waals surface area contributed by atoms with Gasteiger partial charge in [0.25, 0.3) is 0 Å². The van der Waals surface area contributed by atoms with Crippen LogP contribution in [0.25, 0.3) is 16.7 Å². The number of pyridine rings is 1. The number of halogens is 1. The van der Waals surface area contributed by atoms with Gasteiger partial charge >= 0.3 is 0 Å². The first-order valence-corrected chi connectivity index (χ1v) is 8.25. The molecule has 1 aromatic carbocycles. The number of nitrogen functional groups attached to an aromatic ring is 1. The third-order valence-corrected chi connectivity index (χ3v) is 4.65. The molecule has 0 aliphatic carbocycles. The molecule has 0 atom stereocenters. The summed E-state index contributed by atoms with van der Waals surface area (Å²) < 4.78 is 13.9. The van der Waals surface area contributed by atoms with Gasteiger partial charge in [0.2, 0.25) is 0 Å². The smallest absolute Gasteiger partial charge is 0.132 e. The number of anilines is 1. The molecule has 0 spiro atoms. The highest BCUT2D eigenvalue weighted by atomic mass is 32.2. The second-order valence-corrected chi connectivity index (χ2v) is 6.34. The molecule has 118 valence electrons. The molecule has 6 heteroatoms. The van der Waals surface area contributed by atoms with Gasteiger partial charge in [0.15, 0.2) is 0 Å². The van der Waals surface area contributed by atoms with E-state index in [1.807, 2.05) is 17.8 Å². The zero-order chi connectivity index (χ0) is 16.4. The van der Waals surface area contributed by atoms with Crippen LogP contribution in [0.15, 0.2) is 36.5 Å². The lowest BCUT2D eigenvalue weighted by molar-refractivity contribution is -0.255. The van der Waals surface area contributed by atoms with Crippen LogP contribution < -0.4 is 10.8 Å². The van der Waals surface area contributed by atoms with Crippen molar-refractivity contribution in [3.8, 4) is 11.1 Å². The van der Waals surface area contributed by atoms with Gasteiger partial charge in [0.05, 0.1) is 5.97 Å². The van der Waals surface area contributed by atoms with E-state index in [0.29, 0.717) is 11.1 Å². The van der Waals surface area contributed by atoms with E-state index >= 15 is 0 Å². The molecule has 3 rings (SSSR count). The number of rotatable bonds is 3. The van der Waals surface area contributed by atoms with Crippen molar-refractivity contribution in [1.29, 1.82) is 0 Å². The molecule has 2 aromatic rings. The first-order chi connectivity index (χ1) is 11.1. The number of hydrogen-bond donors (Lipinski definition) is 1. The third-order valence-electron chi connectivity index (χ3n) is 3.75. The number of carboxylic acids is 1. The summed E-state index contributed by atoms with van der Waals surface area (Å²) in [6.07, 6.45) is 4.82.